The van der Waals surface area contributed by atoms with Gasteiger partial charge in [-0.2, -0.15) is 0 Å². The van der Waals surface area contributed by atoms with Crippen molar-refractivity contribution < 1.29 is 4.79 Å². The third-order valence-corrected chi connectivity index (χ3v) is 4.33. The van der Waals surface area contributed by atoms with Crippen LogP contribution in [0.15, 0.2) is 30.5 Å². The lowest BCUT2D eigenvalue weighted by molar-refractivity contribution is -0.116. The Balaban J connectivity index is 1.80. The lowest BCUT2D eigenvalue weighted by atomic mass is 10.1. The summed E-state index contributed by atoms with van der Waals surface area (Å²) in [6, 6.07) is 8.19. The largest absolute Gasteiger partial charge is 0.305 e. The van der Waals surface area contributed by atoms with Crippen LogP contribution in [-0.2, 0) is 17.9 Å². The van der Waals surface area contributed by atoms with Gasteiger partial charge < -0.3 is 4.90 Å². The van der Waals surface area contributed by atoms with E-state index >= 15 is 0 Å². The van der Waals surface area contributed by atoms with E-state index in [0.29, 0.717) is 18.4 Å². The van der Waals surface area contributed by atoms with Gasteiger partial charge in [0, 0.05) is 12.2 Å². The Labute approximate surface area is 147 Å². The molecule has 1 saturated carbocycles. The van der Waals surface area contributed by atoms with Crippen LogP contribution in [0.25, 0.3) is 0 Å². The number of carbonyl (C=O) groups excluding carboxylic acids is 1. The van der Waals surface area contributed by atoms with Crippen LogP contribution in [0.1, 0.15) is 43.9 Å². The molecule has 1 aromatic carbocycles. The van der Waals surface area contributed by atoms with Gasteiger partial charge >= 0.3 is 0 Å². The lowest BCUT2D eigenvalue weighted by Crippen LogP contribution is -2.31. The third kappa shape index (κ3) is 4.15. The number of hydrogen-bond acceptors (Lipinski definition) is 3. The lowest BCUT2D eigenvalue weighted by Gasteiger charge is -2.21. The van der Waals surface area contributed by atoms with Gasteiger partial charge in [-0.25, -0.2) is 0 Å². The summed E-state index contributed by atoms with van der Waals surface area (Å²) in [5.74, 6) is 0.969. The number of rotatable bonds is 7. The average Bonchev–Trinajstić information content (AvgIpc) is 3.33. The zero-order valence-electron chi connectivity index (χ0n) is 14.2. The van der Waals surface area contributed by atoms with Crippen molar-refractivity contribution in [2.45, 2.75) is 45.7 Å². The average molecular weight is 347 g/mol. The third-order valence-electron chi connectivity index (χ3n) is 4.10. The van der Waals surface area contributed by atoms with Crippen LogP contribution in [0.4, 0.5) is 5.69 Å². The van der Waals surface area contributed by atoms with Gasteiger partial charge in [-0.1, -0.05) is 31.2 Å². The molecule has 1 aliphatic carbocycles. The molecule has 0 atom stereocenters. The maximum absolute atomic E-state index is 12.3. The minimum Gasteiger partial charge on any atom is -0.305 e. The van der Waals surface area contributed by atoms with Crippen LogP contribution in [0, 0.1) is 5.92 Å². The first kappa shape index (κ1) is 17.0. The summed E-state index contributed by atoms with van der Waals surface area (Å²) in [7, 11) is 0. The molecule has 5 nitrogen and oxygen atoms in total. The summed E-state index contributed by atoms with van der Waals surface area (Å²) < 4.78 is 1.82. The molecule has 128 valence electrons. The van der Waals surface area contributed by atoms with Crippen molar-refractivity contribution >= 4 is 23.2 Å². The van der Waals surface area contributed by atoms with Gasteiger partial charge in [0.1, 0.15) is 11.6 Å². The van der Waals surface area contributed by atoms with Crippen molar-refractivity contribution in [2.75, 3.05) is 10.8 Å². The van der Waals surface area contributed by atoms with Gasteiger partial charge in [0.15, 0.2) is 0 Å². The number of nitrogens with zero attached hydrogens (tertiary/aromatic N) is 4. The summed E-state index contributed by atoms with van der Waals surface area (Å²) in [5.41, 5.74) is 2.94. The van der Waals surface area contributed by atoms with Crippen molar-refractivity contribution in [3.8, 4) is 0 Å². The molecule has 0 saturated heterocycles. The van der Waals surface area contributed by atoms with E-state index in [9.17, 15) is 4.79 Å². The van der Waals surface area contributed by atoms with Gasteiger partial charge in [0.05, 0.1) is 12.7 Å². The van der Waals surface area contributed by atoms with Crippen molar-refractivity contribution in [3.63, 3.8) is 0 Å². The molecule has 1 fully saturated rings. The van der Waals surface area contributed by atoms with E-state index < -0.39 is 0 Å². The number of hydrogen-bond donors (Lipinski definition) is 0. The fourth-order valence-electron chi connectivity index (χ4n) is 2.80. The van der Waals surface area contributed by atoms with Crippen molar-refractivity contribution in [1.29, 1.82) is 0 Å². The number of amides is 1. The number of halogens is 1. The van der Waals surface area contributed by atoms with E-state index in [-0.39, 0.29) is 11.8 Å². The summed E-state index contributed by atoms with van der Waals surface area (Å²) in [5, 5.41) is 8.34. The molecule has 1 aliphatic rings. The molecule has 24 heavy (non-hydrogen) atoms. The van der Waals surface area contributed by atoms with Gasteiger partial charge in [-0.15, -0.1) is 16.7 Å². The first-order valence-electron chi connectivity index (χ1n) is 8.42. The predicted octanol–water partition coefficient (Wildman–Crippen LogP) is 3.58. The molecule has 1 heterocycles. The number of anilines is 1. The van der Waals surface area contributed by atoms with Gasteiger partial charge in [0.25, 0.3) is 0 Å². The number of carbonyl (C=O) groups is 1. The molecule has 0 N–H and O–H groups in total. The monoisotopic (exact) mass is 346 g/mol. The molecule has 0 radical (unpaired) electrons. The molecule has 0 spiro atoms. The maximum atomic E-state index is 12.3. The molecule has 2 aromatic rings. The summed E-state index contributed by atoms with van der Waals surface area (Å²) in [4.78, 5) is 14.0. The van der Waals surface area contributed by atoms with E-state index in [1.165, 1.54) is 18.4 Å². The molecule has 6 heteroatoms. The van der Waals surface area contributed by atoms with Crippen LogP contribution >= 0.6 is 11.6 Å². The summed E-state index contributed by atoms with van der Waals surface area (Å²) in [6.45, 7) is 5.47. The maximum Gasteiger partial charge on any atom is 0.242 e. The highest BCUT2D eigenvalue weighted by molar-refractivity contribution is 6.29. The van der Waals surface area contributed by atoms with E-state index in [1.54, 1.807) is 4.90 Å². The van der Waals surface area contributed by atoms with Crippen molar-refractivity contribution in [1.82, 2.24) is 15.0 Å². The second-order valence-corrected chi connectivity index (χ2v) is 7.08. The Hall–Kier alpha value is -1.88. The fraction of sp³-hybridized carbons (Fsp3) is 0.500. The topological polar surface area (TPSA) is 51.0 Å². The van der Waals surface area contributed by atoms with Crippen LogP contribution < -0.4 is 4.90 Å². The molecule has 1 amide bonds. The first-order chi connectivity index (χ1) is 11.6. The van der Waals surface area contributed by atoms with E-state index in [2.05, 4.69) is 36.3 Å². The first-order valence-corrected chi connectivity index (χ1v) is 8.95. The van der Waals surface area contributed by atoms with Gasteiger partial charge in [0.2, 0.25) is 5.91 Å². The molecule has 1 aromatic heterocycles. The highest BCUT2D eigenvalue weighted by Crippen LogP contribution is 2.41. The van der Waals surface area contributed by atoms with Crippen LogP contribution in [0.3, 0.4) is 0 Å². The van der Waals surface area contributed by atoms with Gasteiger partial charge in [-0.05, 0) is 42.4 Å². The zero-order chi connectivity index (χ0) is 17.1. The van der Waals surface area contributed by atoms with E-state index in [0.717, 1.165) is 17.9 Å². The Morgan fingerprint density at radius 2 is 2.21 bits per heavy atom. The smallest absolute Gasteiger partial charge is 0.242 e. The second-order valence-electron chi connectivity index (χ2n) is 6.81. The zero-order valence-corrected chi connectivity index (χ0v) is 14.9. The number of aromatic nitrogens is 3. The number of alkyl halides is 1. The molecular formula is C18H23ClN4O. The molecule has 0 bridgehead atoms. The quantitative estimate of drug-likeness (QED) is 0.720. The van der Waals surface area contributed by atoms with Crippen molar-refractivity contribution in [2.24, 2.45) is 5.92 Å². The Morgan fingerprint density at radius 1 is 1.42 bits per heavy atom. The molecular weight excluding hydrogens is 324 g/mol. The minimum absolute atomic E-state index is 0.0478. The summed E-state index contributed by atoms with van der Waals surface area (Å²) >= 11 is 5.82. The Bertz CT molecular complexity index is 709. The van der Waals surface area contributed by atoms with E-state index in [4.69, 9.17) is 11.6 Å². The van der Waals surface area contributed by atoms with Crippen molar-refractivity contribution in [3.05, 3.63) is 41.7 Å². The minimum atomic E-state index is -0.122. The molecule has 0 unspecified atom stereocenters. The van der Waals surface area contributed by atoms with Crippen LogP contribution in [0.5, 0.6) is 0 Å². The van der Waals surface area contributed by atoms with Crippen LogP contribution in [0.2, 0.25) is 0 Å². The van der Waals surface area contributed by atoms with Gasteiger partial charge in [-0.3, -0.25) is 9.48 Å². The van der Waals surface area contributed by atoms with E-state index in [1.807, 2.05) is 23.0 Å². The SMILES string of the molecule is CC(C)Cn1cc(CN(C(=O)CCl)c2cccc(C3CC3)c2)nn1. The molecule has 0 aliphatic heterocycles. The predicted molar refractivity (Wildman–Crippen MR) is 95.2 cm³/mol. The number of benzene rings is 1. The highest BCUT2D eigenvalue weighted by Gasteiger charge is 2.25. The Morgan fingerprint density at radius 3 is 2.88 bits per heavy atom. The fourth-order valence-corrected chi connectivity index (χ4v) is 2.94. The standard InChI is InChI=1S/C18H23ClN4O/c1-13(2)10-22-11-16(20-21-22)12-23(18(24)9-19)17-5-3-4-15(8-17)14-6-7-14/h3-5,8,11,13-14H,6-7,9-10,12H2,1-2H3. The second kappa shape index (κ2) is 7.34. The Kier molecular flexibility index (Phi) is 5.19. The normalized spacial score (nSPS) is 14.2. The summed E-state index contributed by atoms with van der Waals surface area (Å²) in [6.07, 6.45) is 4.37. The molecule has 3 rings (SSSR count). The highest BCUT2D eigenvalue weighted by atomic mass is 35.5. The van der Waals surface area contributed by atoms with Crippen LogP contribution in [-0.4, -0.2) is 26.8 Å².